The zero-order chi connectivity index (χ0) is 39.0. The molecule has 4 saturated heterocycles. The first-order chi connectivity index (χ1) is 25.2. The van der Waals surface area contributed by atoms with Crippen LogP contribution >= 0.6 is 0 Å². The van der Waals surface area contributed by atoms with Crippen LogP contribution in [0.15, 0.2) is 0 Å². The van der Waals surface area contributed by atoms with Gasteiger partial charge in [0.2, 0.25) is 5.91 Å². The van der Waals surface area contributed by atoms with Crippen molar-refractivity contribution in [2.75, 3.05) is 33.0 Å². The van der Waals surface area contributed by atoms with Gasteiger partial charge in [0.15, 0.2) is 18.9 Å². The number of imide groups is 1. The third-order valence-electron chi connectivity index (χ3n) is 8.99. The van der Waals surface area contributed by atoms with Crippen molar-refractivity contribution in [2.24, 2.45) is 0 Å². The van der Waals surface area contributed by atoms with Crippen LogP contribution in [0.3, 0.4) is 0 Å². The standard InChI is InChI=1S/C30H48N2O21/c33-9-12-19(39)22(42)24(44)28(49-12)48-11-14-21(41)27(52-30-25(45)23(43)20(40)13(10-34)50-30)26(46)29(51-14)47-8-7-31-15(35)3-1-2-4-18(38)53-32-16(36)5-6-17(32)37/h12-14,19-30,33-34,39-46H,1-11H2,(H,31,35)/t12-,13-,14-,19-,20-,21-,22+,23+,24+,25+,26+,27+,28+,29+,30+/m1/s1. The molecule has 23 nitrogen and oxygen atoms in total. The summed E-state index contributed by atoms with van der Waals surface area (Å²) in [6.45, 7) is -2.62. The van der Waals surface area contributed by atoms with Gasteiger partial charge in [-0.25, -0.2) is 4.79 Å². The van der Waals surface area contributed by atoms with Gasteiger partial charge in [-0.05, 0) is 12.8 Å². The van der Waals surface area contributed by atoms with Crippen molar-refractivity contribution in [2.45, 2.75) is 131 Å². The van der Waals surface area contributed by atoms with E-state index in [-0.39, 0.29) is 51.7 Å². The number of carbonyl (C=O) groups excluding carboxylic acids is 4. The van der Waals surface area contributed by atoms with Crippen molar-refractivity contribution in [3.63, 3.8) is 0 Å². The lowest BCUT2D eigenvalue weighted by molar-refractivity contribution is -0.366. The average molecular weight is 773 g/mol. The summed E-state index contributed by atoms with van der Waals surface area (Å²) in [5, 5.41) is 105. The van der Waals surface area contributed by atoms with Gasteiger partial charge in [0, 0.05) is 32.2 Å². The Balaban J connectivity index is 1.30. The molecular formula is C30H48N2O21. The maximum Gasteiger partial charge on any atom is 0.333 e. The van der Waals surface area contributed by atoms with E-state index < -0.39 is 136 Å². The Morgan fingerprint density at radius 3 is 1.79 bits per heavy atom. The quantitative estimate of drug-likeness (QED) is 0.0483. The number of nitrogens with one attached hydrogen (secondary N) is 1. The second kappa shape index (κ2) is 19.9. The van der Waals surface area contributed by atoms with Crippen LogP contribution in [-0.4, -0.2) is 205 Å². The molecule has 0 aromatic rings. The van der Waals surface area contributed by atoms with Crippen LogP contribution in [0.5, 0.6) is 0 Å². The summed E-state index contributed by atoms with van der Waals surface area (Å²) in [5.41, 5.74) is 0. The Kier molecular flexibility index (Phi) is 16.2. The van der Waals surface area contributed by atoms with Gasteiger partial charge in [-0.1, -0.05) is 0 Å². The van der Waals surface area contributed by atoms with Crippen LogP contribution in [0.2, 0.25) is 0 Å². The van der Waals surface area contributed by atoms with Crippen LogP contribution in [0.1, 0.15) is 38.5 Å². The maximum atomic E-state index is 12.3. The van der Waals surface area contributed by atoms with Crippen LogP contribution in [0.25, 0.3) is 0 Å². The molecule has 0 saturated carbocycles. The fourth-order valence-electron chi connectivity index (χ4n) is 5.88. The SMILES string of the molecule is O=C(CCCCC(=O)ON1C(=O)CCC1=O)NCCO[C@H]1O[C@H](CO[C@H]2O[C@H](CO)[C@@H](O)[C@H](O)[C@@H]2O)[C@@H](O)[C@H](O[C@@H]2O[C@H](CO)[C@@H](O)[C@H](O)[C@@H]2O)[C@@H]1O. The molecular weight excluding hydrogens is 724 g/mol. The van der Waals surface area contributed by atoms with Gasteiger partial charge < -0.3 is 89.6 Å². The van der Waals surface area contributed by atoms with E-state index in [1.54, 1.807) is 0 Å². The largest absolute Gasteiger partial charge is 0.394 e. The molecule has 53 heavy (non-hydrogen) atoms. The lowest BCUT2D eigenvalue weighted by atomic mass is 9.96. The first kappa shape index (κ1) is 43.2. The molecule has 4 aliphatic rings. The van der Waals surface area contributed by atoms with Crippen molar-refractivity contribution < 1.29 is 104 Å². The minimum Gasteiger partial charge on any atom is -0.394 e. The average Bonchev–Trinajstić information content (AvgIpc) is 3.45. The van der Waals surface area contributed by atoms with E-state index in [1.165, 1.54) is 0 Å². The van der Waals surface area contributed by atoms with E-state index in [1.807, 2.05) is 0 Å². The van der Waals surface area contributed by atoms with Crippen LogP contribution in [0, 0.1) is 0 Å². The molecule has 0 spiro atoms. The van der Waals surface area contributed by atoms with Crippen molar-refractivity contribution in [1.29, 1.82) is 0 Å². The van der Waals surface area contributed by atoms with E-state index in [2.05, 4.69) is 5.32 Å². The minimum atomic E-state index is -1.92. The van der Waals surface area contributed by atoms with Crippen molar-refractivity contribution in [3.05, 3.63) is 0 Å². The third kappa shape index (κ3) is 10.8. The summed E-state index contributed by atoms with van der Waals surface area (Å²) < 4.78 is 33.0. The molecule has 11 N–H and O–H groups in total. The van der Waals surface area contributed by atoms with E-state index in [0.29, 0.717) is 5.06 Å². The van der Waals surface area contributed by atoms with Gasteiger partial charge in [0.1, 0.15) is 73.2 Å². The second-order valence-corrected chi connectivity index (χ2v) is 12.8. The molecule has 4 fully saturated rings. The van der Waals surface area contributed by atoms with Crippen LogP contribution in [-0.2, 0) is 52.4 Å². The molecule has 4 rings (SSSR count). The predicted octanol–water partition coefficient (Wildman–Crippen LogP) is -7.26. The number of rotatable bonds is 17. The molecule has 23 heteroatoms. The van der Waals surface area contributed by atoms with Gasteiger partial charge in [0.25, 0.3) is 11.8 Å². The molecule has 3 amide bonds. The fraction of sp³-hybridized carbons (Fsp3) is 0.867. The lowest BCUT2D eigenvalue weighted by Gasteiger charge is -2.46. The van der Waals surface area contributed by atoms with E-state index in [4.69, 9.17) is 33.3 Å². The Bertz CT molecular complexity index is 1210. The van der Waals surface area contributed by atoms with E-state index >= 15 is 0 Å². The number of aliphatic hydroxyl groups is 10. The highest BCUT2D eigenvalue weighted by Gasteiger charge is 2.52. The van der Waals surface area contributed by atoms with Crippen LogP contribution in [0.4, 0.5) is 0 Å². The summed E-state index contributed by atoms with van der Waals surface area (Å²) in [7, 11) is 0. The smallest absolute Gasteiger partial charge is 0.333 e. The number of amides is 3. The topological polar surface area (TPSA) is 350 Å². The lowest BCUT2D eigenvalue weighted by Crippen LogP contribution is -2.65. The van der Waals surface area contributed by atoms with Gasteiger partial charge in [-0.15, -0.1) is 5.06 Å². The number of hydrogen-bond acceptors (Lipinski definition) is 21. The Morgan fingerprint density at radius 1 is 0.660 bits per heavy atom. The number of ether oxygens (including phenoxy) is 6. The number of aliphatic hydroxyl groups excluding tert-OH is 10. The Morgan fingerprint density at radius 2 is 1.19 bits per heavy atom. The Labute approximate surface area is 301 Å². The van der Waals surface area contributed by atoms with Crippen LogP contribution < -0.4 is 5.32 Å². The maximum absolute atomic E-state index is 12.3. The van der Waals surface area contributed by atoms with E-state index in [9.17, 15) is 70.2 Å². The first-order valence-electron chi connectivity index (χ1n) is 17.0. The minimum absolute atomic E-state index is 0.0179. The number of hydrogen-bond donors (Lipinski definition) is 11. The highest BCUT2D eigenvalue weighted by atomic mass is 16.8. The molecule has 15 atom stereocenters. The second-order valence-electron chi connectivity index (χ2n) is 12.8. The highest BCUT2D eigenvalue weighted by Crippen LogP contribution is 2.31. The monoisotopic (exact) mass is 772 g/mol. The van der Waals surface area contributed by atoms with Gasteiger partial charge >= 0.3 is 5.97 Å². The zero-order valence-corrected chi connectivity index (χ0v) is 28.3. The number of carbonyl (C=O) groups is 4. The van der Waals surface area contributed by atoms with E-state index in [0.717, 1.165) is 0 Å². The summed E-state index contributed by atoms with van der Waals surface area (Å²) in [4.78, 5) is 52.1. The van der Waals surface area contributed by atoms with Gasteiger partial charge in [-0.3, -0.25) is 14.4 Å². The normalized spacial score (nSPS) is 39.3. The number of nitrogens with zero attached hydrogens (tertiary/aromatic N) is 1. The summed E-state index contributed by atoms with van der Waals surface area (Å²) >= 11 is 0. The fourth-order valence-corrected chi connectivity index (χ4v) is 5.88. The van der Waals surface area contributed by atoms with Gasteiger partial charge in [0.05, 0.1) is 26.4 Å². The van der Waals surface area contributed by atoms with Gasteiger partial charge in [-0.2, -0.15) is 0 Å². The molecule has 0 bridgehead atoms. The number of hydroxylamine groups is 2. The number of unbranched alkanes of at least 4 members (excludes halogenated alkanes) is 1. The zero-order valence-electron chi connectivity index (χ0n) is 28.3. The van der Waals surface area contributed by atoms with Crippen molar-refractivity contribution in [3.8, 4) is 0 Å². The molecule has 0 aromatic carbocycles. The van der Waals surface area contributed by atoms with Crippen molar-refractivity contribution >= 4 is 23.7 Å². The molecule has 0 aliphatic carbocycles. The molecule has 0 unspecified atom stereocenters. The molecule has 0 radical (unpaired) electrons. The predicted molar refractivity (Wildman–Crippen MR) is 164 cm³/mol. The highest BCUT2D eigenvalue weighted by molar-refractivity contribution is 6.01. The molecule has 4 aliphatic heterocycles. The third-order valence-corrected chi connectivity index (χ3v) is 8.99. The summed E-state index contributed by atoms with van der Waals surface area (Å²) in [6.07, 6.45) is -25.2. The molecule has 4 heterocycles. The molecule has 0 aromatic heterocycles. The first-order valence-corrected chi connectivity index (χ1v) is 17.0. The Hall–Kier alpha value is -2.56. The van der Waals surface area contributed by atoms with Crippen molar-refractivity contribution in [1.82, 2.24) is 10.4 Å². The summed E-state index contributed by atoms with van der Waals surface area (Å²) in [6, 6.07) is 0. The molecule has 304 valence electrons. The summed E-state index contributed by atoms with van der Waals surface area (Å²) in [5.74, 6) is -2.46.